The molecule has 1 aromatic carbocycles. The van der Waals surface area contributed by atoms with Crippen molar-refractivity contribution in [1.29, 1.82) is 0 Å². The second kappa shape index (κ2) is 5.22. The van der Waals surface area contributed by atoms with E-state index in [9.17, 15) is 4.79 Å². The first-order valence-corrected chi connectivity index (χ1v) is 6.75. The van der Waals surface area contributed by atoms with Gasteiger partial charge >= 0.3 is 0 Å². The predicted octanol–water partition coefficient (Wildman–Crippen LogP) is 1.60. The van der Waals surface area contributed by atoms with Crippen molar-refractivity contribution in [2.24, 2.45) is 0 Å². The molecule has 3 aromatic rings. The van der Waals surface area contributed by atoms with Gasteiger partial charge in [0.05, 0.1) is 5.52 Å². The lowest BCUT2D eigenvalue weighted by molar-refractivity contribution is 0.0950. The van der Waals surface area contributed by atoms with E-state index in [1.165, 1.54) is 0 Å². The number of benzene rings is 1. The van der Waals surface area contributed by atoms with Crippen LogP contribution >= 0.6 is 11.3 Å². The molecule has 0 saturated heterocycles. The number of fused-ring (bicyclic) bond motifs is 1. The molecule has 3 N–H and O–H groups in total. The number of nitrogens with one attached hydrogen (secondary N) is 1. The molecule has 100 valence electrons. The van der Waals surface area contributed by atoms with E-state index in [2.05, 4.69) is 20.5 Å². The molecule has 20 heavy (non-hydrogen) atoms. The molecule has 0 atom stereocenters. The van der Waals surface area contributed by atoms with E-state index in [0.717, 1.165) is 27.8 Å². The summed E-state index contributed by atoms with van der Waals surface area (Å²) in [5, 5.41) is 11.7. The summed E-state index contributed by atoms with van der Waals surface area (Å²) >= 11 is 1.06. The standard InChI is InChI=1S/C13H11N5OS/c14-13-18-17-12(20-13)11(19)16-7-9-4-1-3-8-5-2-6-15-10(8)9/h1-6H,7H2,(H2,14,18)(H,16,19). The molecule has 0 aliphatic heterocycles. The maximum atomic E-state index is 11.9. The van der Waals surface area contributed by atoms with E-state index in [0.29, 0.717) is 6.54 Å². The zero-order chi connectivity index (χ0) is 13.9. The van der Waals surface area contributed by atoms with Crippen molar-refractivity contribution < 1.29 is 4.79 Å². The van der Waals surface area contributed by atoms with Crippen molar-refractivity contribution in [3.05, 3.63) is 47.1 Å². The minimum Gasteiger partial charge on any atom is -0.374 e. The zero-order valence-electron chi connectivity index (χ0n) is 10.4. The van der Waals surface area contributed by atoms with Gasteiger partial charge in [0.15, 0.2) is 0 Å². The van der Waals surface area contributed by atoms with Crippen molar-refractivity contribution in [3.8, 4) is 0 Å². The van der Waals surface area contributed by atoms with Gasteiger partial charge in [-0.2, -0.15) is 0 Å². The van der Waals surface area contributed by atoms with Gasteiger partial charge in [-0.1, -0.05) is 35.6 Å². The van der Waals surface area contributed by atoms with E-state index in [4.69, 9.17) is 5.73 Å². The van der Waals surface area contributed by atoms with Gasteiger partial charge in [-0.05, 0) is 11.6 Å². The molecule has 0 aliphatic rings. The van der Waals surface area contributed by atoms with E-state index < -0.39 is 0 Å². The van der Waals surface area contributed by atoms with Crippen molar-refractivity contribution in [2.45, 2.75) is 6.54 Å². The van der Waals surface area contributed by atoms with Crippen LogP contribution in [0, 0.1) is 0 Å². The fourth-order valence-corrected chi connectivity index (χ4v) is 2.41. The van der Waals surface area contributed by atoms with Crippen LogP contribution in [0.5, 0.6) is 0 Å². The van der Waals surface area contributed by atoms with Crippen molar-refractivity contribution in [3.63, 3.8) is 0 Å². The Kier molecular flexibility index (Phi) is 3.26. The summed E-state index contributed by atoms with van der Waals surface area (Å²) in [5.74, 6) is -0.285. The monoisotopic (exact) mass is 285 g/mol. The number of para-hydroxylation sites is 1. The number of amides is 1. The van der Waals surface area contributed by atoms with E-state index >= 15 is 0 Å². The lowest BCUT2D eigenvalue weighted by Crippen LogP contribution is -2.22. The number of rotatable bonds is 3. The first kappa shape index (κ1) is 12.5. The zero-order valence-corrected chi connectivity index (χ0v) is 11.2. The highest BCUT2D eigenvalue weighted by molar-refractivity contribution is 7.16. The normalized spacial score (nSPS) is 10.6. The Morgan fingerprint density at radius 3 is 2.90 bits per heavy atom. The van der Waals surface area contributed by atoms with Gasteiger partial charge in [0.25, 0.3) is 5.91 Å². The summed E-state index contributed by atoms with van der Waals surface area (Å²) in [6.45, 7) is 0.382. The van der Waals surface area contributed by atoms with Crippen LogP contribution in [-0.2, 0) is 6.54 Å². The van der Waals surface area contributed by atoms with Gasteiger partial charge in [0.1, 0.15) is 0 Å². The Labute approximate surface area is 118 Å². The van der Waals surface area contributed by atoms with Crippen LogP contribution in [0.4, 0.5) is 5.13 Å². The molecule has 0 spiro atoms. The Hall–Kier alpha value is -2.54. The summed E-state index contributed by atoms with van der Waals surface area (Å²) in [5.41, 5.74) is 7.29. The highest BCUT2D eigenvalue weighted by Gasteiger charge is 2.11. The third-order valence-corrected chi connectivity index (χ3v) is 3.54. The number of nitrogen functional groups attached to an aromatic ring is 1. The second-order valence-corrected chi connectivity index (χ2v) is 5.13. The topological polar surface area (TPSA) is 93.8 Å². The van der Waals surface area contributed by atoms with Crippen molar-refractivity contribution in [1.82, 2.24) is 20.5 Å². The Bertz CT molecular complexity index is 765. The molecule has 2 aromatic heterocycles. The fourth-order valence-electron chi connectivity index (χ4n) is 1.89. The Morgan fingerprint density at radius 2 is 2.10 bits per heavy atom. The highest BCUT2D eigenvalue weighted by atomic mass is 32.1. The van der Waals surface area contributed by atoms with E-state index in [1.54, 1.807) is 6.20 Å². The minimum absolute atomic E-state index is 0.260. The lowest BCUT2D eigenvalue weighted by atomic mass is 10.1. The molecular formula is C13H11N5OS. The van der Waals surface area contributed by atoms with Crippen LogP contribution in [-0.4, -0.2) is 21.1 Å². The number of carbonyl (C=O) groups excluding carboxylic acids is 1. The maximum Gasteiger partial charge on any atom is 0.282 e. The van der Waals surface area contributed by atoms with Gasteiger partial charge < -0.3 is 11.1 Å². The SMILES string of the molecule is Nc1nnc(C(=O)NCc2cccc3cccnc23)s1. The number of nitrogens with two attached hydrogens (primary N) is 1. The van der Waals surface area contributed by atoms with Crippen LogP contribution in [0.3, 0.4) is 0 Å². The highest BCUT2D eigenvalue weighted by Crippen LogP contribution is 2.16. The number of aromatic nitrogens is 3. The summed E-state index contributed by atoms with van der Waals surface area (Å²) in [4.78, 5) is 16.2. The molecule has 0 fully saturated rings. The summed E-state index contributed by atoms with van der Waals surface area (Å²) in [7, 11) is 0. The van der Waals surface area contributed by atoms with Crippen LogP contribution in [0.15, 0.2) is 36.5 Å². The summed E-state index contributed by atoms with van der Waals surface area (Å²) < 4.78 is 0. The number of pyridine rings is 1. The largest absolute Gasteiger partial charge is 0.374 e. The average Bonchev–Trinajstić information content (AvgIpc) is 2.91. The van der Waals surface area contributed by atoms with Gasteiger partial charge in [0.2, 0.25) is 10.1 Å². The van der Waals surface area contributed by atoms with Gasteiger partial charge in [0, 0.05) is 18.1 Å². The third kappa shape index (κ3) is 2.43. The van der Waals surface area contributed by atoms with Crippen LogP contribution in [0.1, 0.15) is 15.4 Å². The third-order valence-electron chi connectivity index (χ3n) is 2.79. The van der Waals surface area contributed by atoms with Crippen LogP contribution < -0.4 is 11.1 Å². The van der Waals surface area contributed by atoms with Gasteiger partial charge in [-0.15, -0.1) is 10.2 Å². The second-order valence-electron chi connectivity index (χ2n) is 4.12. The first-order valence-electron chi connectivity index (χ1n) is 5.94. The molecule has 0 bridgehead atoms. The van der Waals surface area contributed by atoms with E-state index in [-0.39, 0.29) is 16.0 Å². The van der Waals surface area contributed by atoms with Crippen molar-refractivity contribution in [2.75, 3.05) is 5.73 Å². The van der Waals surface area contributed by atoms with E-state index in [1.807, 2.05) is 30.3 Å². The van der Waals surface area contributed by atoms with Gasteiger partial charge in [-0.25, -0.2) is 0 Å². The van der Waals surface area contributed by atoms with Crippen LogP contribution in [0.25, 0.3) is 10.9 Å². The smallest absolute Gasteiger partial charge is 0.282 e. The van der Waals surface area contributed by atoms with Gasteiger partial charge in [-0.3, -0.25) is 9.78 Å². The molecule has 0 saturated carbocycles. The number of anilines is 1. The Morgan fingerprint density at radius 1 is 1.25 bits per heavy atom. The summed E-state index contributed by atoms with van der Waals surface area (Å²) in [6.07, 6.45) is 1.74. The average molecular weight is 285 g/mol. The quantitative estimate of drug-likeness (QED) is 0.762. The number of hydrogen-bond acceptors (Lipinski definition) is 6. The molecule has 0 unspecified atom stereocenters. The molecule has 0 radical (unpaired) electrons. The summed E-state index contributed by atoms with van der Waals surface area (Å²) in [6, 6.07) is 9.73. The minimum atomic E-state index is -0.285. The maximum absolute atomic E-state index is 11.9. The molecule has 6 nitrogen and oxygen atoms in total. The van der Waals surface area contributed by atoms with Crippen LogP contribution in [0.2, 0.25) is 0 Å². The number of hydrogen-bond donors (Lipinski definition) is 2. The number of nitrogens with zero attached hydrogens (tertiary/aromatic N) is 3. The molecule has 3 rings (SSSR count). The Balaban J connectivity index is 1.79. The molecule has 1 amide bonds. The fraction of sp³-hybridized carbons (Fsp3) is 0.0769. The lowest BCUT2D eigenvalue weighted by Gasteiger charge is -2.06. The first-order chi connectivity index (χ1) is 9.74. The number of carbonyl (C=O) groups is 1. The molecule has 7 heteroatoms. The molecular weight excluding hydrogens is 274 g/mol. The predicted molar refractivity (Wildman–Crippen MR) is 77.2 cm³/mol. The molecule has 2 heterocycles. The van der Waals surface area contributed by atoms with Crippen molar-refractivity contribution >= 4 is 33.3 Å². The molecule has 0 aliphatic carbocycles.